The van der Waals surface area contributed by atoms with Gasteiger partial charge in [-0.05, 0) is 29.8 Å². The summed E-state index contributed by atoms with van der Waals surface area (Å²) in [5, 5.41) is 0. The number of rotatable bonds is 2. The number of fused-ring (bicyclic) bond motifs is 1. The standard InChI is InChI=1S/C17H13F6NO2/c18-16(19,20)9-4-5-13(17(21,22)23)12(6-9)11-2-1-3-14-15(11)26-10(7-24)8-25-14/h1-6,10H,7-8,24H2/t10-/m0/s1. The van der Waals surface area contributed by atoms with Crippen LogP contribution < -0.4 is 15.2 Å². The zero-order chi connectivity index (χ0) is 19.1. The van der Waals surface area contributed by atoms with Gasteiger partial charge in [0.15, 0.2) is 11.5 Å². The fourth-order valence-electron chi connectivity index (χ4n) is 2.65. The molecule has 0 fully saturated rings. The lowest BCUT2D eigenvalue weighted by molar-refractivity contribution is -0.141. The van der Waals surface area contributed by atoms with Crippen molar-refractivity contribution in [2.45, 2.75) is 18.5 Å². The molecule has 140 valence electrons. The second-order valence-electron chi connectivity index (χ2n) is 5.68. The Bertz CT molecular complexity index is 816. The first-order valence-corrected chi connectivity index (χ1v) is 7.52. The van der Waals surface area contributed by atoms with Crippen LogP contribution in [0.2, 0.25) is 0 Å². The van der Waals surface area contributed by atoms with Crippen LogP contribution in [0.4, 0.5) is 26.3 Å². The van der Waals surface area contributed by atoms with Gasteiger partial charge in [-0.1, -0.05) is 12.1 Å². The summed E-state index contributed by atoms with van der Waals surface area (Å²) in [7, 11) is 0. The van der Waals surface area contributed by atoms with Gasteiger partial charge in [-0.15, -0.1) is 0 Å². The number of hydrogen-bond acceptors (Lipinski definition) is 3. The molecule has 9 heteroatoms. The van der Waals surface area contributed by atoms with Gasteiger partial charge in [-0.3, -0.25) is 0 Å². The minimum atomic E-state index is -4.84. The van der Waals surface area contributed by atoms with E-state index in [0.717, 1.165) is 0 Å². The zero-order valence-electron chi connectivity index (χ0n) is 13.1. The molecule has 1 aliphatic rings. The number of para-hydroxylation sites is 1. The molecule has 2 aromatic rings. The molecule has 0 unspecified atom stereocenters. The summed E-state index contributed by atoms with van der Waals surface area (Å²) < 4.78 is 90.1. The molecule has 0 amide bonds. The summed E-state index contributed by atoms with van der Waals surface area (Å²) in [6, 6.07) is 5.40. The largest absolute Gasteiger partial charge is 0.486 e. The maximum absolute atomic E-state index is 13.4. The van der Waals surface area contributed by atoms with Crippen molar-refractivity contribution in [2.24, 2.45) is 5.73 Å². The minimum Gasteiger partial charge on any atom is -0.486 e. The van der Waals surface area contributed by atoms with Crippen molar-refractivity contribution in [3.63, 3.8) is 0 Å². The average molecular weight is 377 g/mol. The van der Waals surface area contributed by atoms with E-state index < -0.39 is 35.1 Å². The van der Waals surface area contributed by atoms with Crippen LogP contribution in [0.5, 0.6) is 11.5 Å². The summed E-state index contributed by atoms with van der Waals surface area (Å²) in [5.41, 5.74) is 2.34. The predicted molar refractivity (Wildman–Crippen MR) is 80.8 cm³/mol. The molecular weight excluding hydrogens is 364 g/mol. The summed E-state index contributed by atoms with van der Waals surface area (Å²) in [4.78, 5) is 0. The van der Waals surface area contributed by atoms with E-state index in [9.17, 15) is 26.3 Å². The number of benzene rings is 2. The van der Waals surface area contributed by atoms with Crippen LogP contribution in [-0.4, -0.2) is 19.3 Å². The van der Waals surface area contributed by atoms with Crippen LogP contribution >= 0.6 is 0 Å². The lowest BCUT2D eigenvalue weighted by Gasteiger charge is -2.28. The molecule has 0 bridgehead atoms. The topological polar surface area (TPSA) is 44.5 Å². The Kier molecular flexibility index (Phi) is 4.51. The van der Waals surface area contributed by atoms with Crippen LogP contribution in [0.3, 0.4) is 0 Å². The fraction of sp³-hybridized carbons (Fsp3) is 0.294. The van der Waals surface area contributed by atoms with Gasteiger partial charge in [0.25, 0.3) is 0 Å². The zero-order valence-corrected chi connectivity index (χ0v) is 13.1. The molecule has 1 atom stereocenters. The highest BCUT2D eigenvalue weighted by Crippen LogP contribution is 2.46. The van der Waals surface area contributed by atoms with Crippen molar-refractivity contribution >= 4 is 0 Å². The van der Waals surface area contributed by atoms with Crippen molar-refractivity contribution < 1.29 is 35.8 Å². The Hall–Kier alpha value is -2.42. The Morgan fingerprint density at radius 1 is 0.962 bits per heavy atom. The van der Waals surface area contributed by atoms with E-state index in [1.807, 2.05) is 0 Å². The van der Waals surface area contributed by atoms with Gasteiger partial charge in [0.1, 0.15) is 12.7 Å². The highest BCUT2D eigenvalue weighted by atomic mass is 19.4. The van der Waals surface area contributed by atoms with E-state index in [-0.39, 0.29) is 30.2 Å². The van der Waals surface area contributed by atoms with E-state index in [0.29, 0.717) is 18.2 Å². The molecule has 0 saturated carbocycles. The molecule has 3 nitrogen and oxygen atoms in total. The van der Waals surface area contributed by atoms with E-state index in [2.05, 4.69) is 0 Å². The summed E-state index contributed by atoms with van der Waals surface area (Å²) in [6.07, 6.45) is -10.2. The van der Waals surface area contributed by atoms with Gasteiger partial charge in [0.05, 0.1) is 11.1 Å². The quantitative estimate of drug-likeness (QED) is 0.785. The van der Waals surface area contributed by atoms with Crippen molar-refractivity contribution in [3.8, 4) is 22.6 Å². The van der Waals surface area contributed by atoms with Crippen molar-refractivity contribution in [2.75, 3.05) is 13.2 Å². The van der Waals surface area contributed by atoms with Gasteiger partial charge in [0.2, 0.25) is 0 Å². The number of alkyl halides is 6. The molecule has 1 aliphatic heterocycles. The third-order valence-corrected chi connectivity index (χ3v) is 3.89. The maximum atomic E-state index is 13.4. The Labute approximate surface area is 144 Å². The van der Waals surface area contributed by atoms with E-state index in [4.69, 9.17) is 15.2 Å². The van der Waals surface area contributed by atoms with E-state index >= 15 is 0 Å². The van der Waals surface area contributed by atoms with Crippen molar-refractivity contribution in [1.82, 2.24) is 0 Å². The second kappa shape index (κ2) is 6.39. The molecule has 0 saturated heterocycles. The van der Waals surface area contributed by atoms with Crippen LogP contribution in [0.1, 0.15) is 11.1 Å². The first-order chi connectivity index (χ1) is 12.1. The monoisotopic (exact) mass is 377 g/mol. The molecule has 2 N–H and O–H groups in total. The molecule has 0 aliphatic carbocycles. The maximum Gasteiger partial charge on any atom is 0.417 e. The lowest BCUT2D eigenvalue weighted by Crippen LogP contribution is -2.35. The average Bonchev–Trinajstić information content (AvgIpc) is 2.58. The Balaban J connectivity index is 2.23. The third-order valence-electron chi connectivity index (χ3n) is 3.89. The molecule has 0 aromatic heterocycles. The van der Waals surface area contributed by atoms with Crippen LogP contribution in [0.15, 0.2) is 36.4 Å². The third kappa shape index (κ3) is 3.44. The minimum absolute atomic E-state index is 0.0441. The summed E-state index contributed by atoms with van der Waals surface area (Å²) in [6.45, 7) is 0.143. The SMILES string of the molecule is NC[C@H]1COc2cccc(-c3cc(C(F)(F)F)ccc3C(F)(F)F)c2O1. The van der Waals surface area contributed by atoms with Crippen LogP contribution in [0.25, 0.3) is 11.1 Å². The molecule has 0 spiro atoms. The molecule has 0 radical (unpaired) electrons. The number of halogens is 6. The second-order valence-corrected chi connectivity index (χ2v) is 5.68. The molecule has 3 rings (SSSR count). The molecule has 2 aromatic carbocycles. The molecule has 1 heterocycles. The van der Waals surface area contributed by atoms with Gasteiger partial charge in [0, 0.05) is 12.1 Å². The Morgan fingerprint density at radius 2 is 1.69 bits per heavy atom. The number of nitrogens with two attached hydrogens (primary N) is 1. The summed E-state index contributed by atoms with van der Waals surface area (Å²) in [5.74, 6) is 0.0942. The van der Waals surface area contributed by atoms with Crippen molar-refractivity contribution in [1.29, 1.82) is 0 Å². The normalized spacial score (nSPS) is 17.3. The highest BCUT2D eigenvalue weighted by molar-refractivity contribution is 5.77. The molecule has 26 heavy (non-hydrogen) atoms. The first kappa shape index (κ1) is 18.4. The lowest BCUT2D eigenvalue weighted by atomic mass is 9.95. The van der Waals surface area contributed by atoms with Gasteiger partial charge >= 0.3 is 12.4 Å². The first-order valence-electron chi connectivity index (χ1n) is 7.52. The van der Waals surface area contributed by atoms with Gasteiger partial charge < -0.3 is 15.2 Å². The Morgan fingerprint density at radius 3 is 2.31 bits per heavy atom. The number of hydrogen-bond donors (Lipinski definition) is 1. The molecular formula is C17H13F6NO2. The van der Waals surface area contributed by atoms with Crippen molar-refractivity contribution in [3.05, 3.63) is 47.5 Å². The smallest absolute Gasteiger partial charge is 0.417 e. The van der Waals surface area contributed by atoms with Crippen LogP contribution in [0, 0.1) is 0 Å². The van der Waals surface area contributed by atoms with E-state index in [1.54, 1.807) is 0 Å². The van der Waals surface area contributed by atoms with Gasteiger partial charge in [-0.2, -0.15) is 26.3 Å². The van der Waals surface area contributed by atoms with E-state index in [1.165, 1.54) is 18.2 Å². The van der Waals surface area contributed by atoms with Gasteiger partial charge in [-0.25, -0.2) is 0 Å². The highest BCUT2D eigenvalue weighted by Gasteiger charge is 2.38. The fourth-order valence-corrected chi connectivity index (χ4v) is 2.65. The summed E-state index contributed by atoms with van der Waals surface area (Å²) >= 11 is 0. The number of ether oxygens (including phenoxy) is 2. The predicted octanol–water partition coefficient (Wildman–Crippen LogP) is 4.49. The van der Waals surface area contributed by atoms with Crippen LogP contribution in [-0.2, 0) is 12.4 Å².